The Kier molecular flexibility index (Phi) is 9.42. The van der Waals surface area contributed by atoms with Gasteiger partial charge in [0.2, 0.25) is 0 Å². The van der Waals surface area contributed by atoms with Gasteiger partial charge in [0.05, 0.1) is 0 Å². The van der Waals surface area contributed by atoms with Crippen LogP contribution in [0.3, 0.4) is 0 Å². The van der Waals surface area contributed by atoms with Crippen molar-refractivity contribution in [1.82, 2.24) is 10.6 Å². The summed E-state index contributed by atoms with van der Waals surface area (Å²) in [5.41, 5.74) is 0. The predicted molar refractivity (Wildman–Crippen MR) is 64.6 cm³/mol. The molecule has 0 aliphatic heterocycles. The molecular weight excluding hydrogens is 172 g/mol. The molecule has 2 atom stereocenters. The van der Waals surface area contributed by atoms with E-state index in [-0.39, 0.29) is 0 Å². The molecular formula is C12H28N2. The normalized spacial score (nSPS) is 15.4. The Hall–Kier alpha value is -0.0800. The van der Waals surface area contributed by atoms with Gasteiger partial charge in [-0.3, -0.25) is 0 Å². The molecule has 0 aliphatic carbocycles. The molecule has 0 aromatic rings. The Morgan fingerprint density at radius 2 is 1.14 bits per heavy atom. The van der Waals surface area contributed by atoms with Gasteiger partial charge < -0.3 is 10.6 Å². The van der Waals surface area contributed by atoms with Gasteiger partial charge in [-0.05, 0) is 24.9 Å². The quantitative estimate of drug-likeness (QED) is 0.558. The van der Waals surface area contributed by atoms with Crippen LogP contribution in [0.2, 0.25) is 0 Å². The molecule has 14 heavy (non-hydrogen) atoms. The van der Waals surface area contributed by atoms with Crippen molar-refractivity contribution in [3.8, 4) is 0 Å². The summed E-state index contributed by atoms with van der Waals surface area (Å²) in [5, 5.41) is 6.93. The summed E-state index contributed by atoms with van der Waals surface area (Å²) in [6.45, 7) is 13.6. The molecule has 2 heteroatoms. The van der Waals surface area contributed by atoms with Crippen molar-refractivity contribution in [2.45, 2.75) is 40.5 Å². The molecule has 0 fully saturated rings. The first-order chi connectivity index (χ1) is 6.70. The van der Waals surface area contributed by atoms with Crippen molar-refractivity contribution >= 4 is 0 Å². The number of hydrogen-bond donors (Lipinski definition) is 2. The first-order valence-corrected chi connectivity index (χ1v) is 6.12. The molecule has 86 valence electrons. The zero-order valence-corrected chi connectivity index (χ0v) is 10.4. The Morgan fingerprint density at radius 3 is 1.43 bits per heavy atom. The van der Waals surface area contributed by atoms with Crippen LogP contribution in [0.1, 0.15) is 40.5 Å². The third-order valence-corrected chi connectivity index (χ3v) is 2.86. The summed E-state index contributed by atoms with van der Waals surface area (Å²) in [7, 11) is 0. The lowest BCUT2D eigenvalue weighted by molar-refractivity contribution is 0.468. The summed E-state index contributed by atoms with van der Waals surface area (Å²) in [4.78, 5) is 0. The van der Waals surface area contributed by atoms with E-state index < -0.39 is 0 Å². The Labute approximate surface area is 89.9 Å². The molecule has 2 nitrogen and oxygen atoms in total. The van der Waals surface area contributed by atoms with Gasteiger partial charge in [-0.25, -0.2) is 0 Å². The van der Waals surface area contributed by atoms with Crippen LogP contribution >= 0.6 is 0 Å². The minimum absolute atomic E-state index is 0.810. The van der Waals surface area contributed by atoms with Gasteiger partial charge in [0.25, 0.3) is 0 Å². The fourth-order valence-electron chi connectivity index (χ4n) is 1.16. The van der Waals surface area contributed by atoms with Gasteiger partial charge in [0, 0.05) is 13.1 Å². The maximum atomic E-state index is 3.47. The lowest BCUT2D eigenvalue weighted by atomic mass is 10.1. The van der Waals surface area contributed by atoms with Gasteiger partial charge >= 0.3 is 0 Å². The summed E-state index contributed by atoms with van der Waals surface area (Å²) in [5.74, 6) is 1.62. The monoisotopic (exact) mass is 200 g/mol. The molecule has 0 saturated heterocycles. The van der Waals surface area contributed by atoms with Crippen LogP contribution in [-0.2, 0) is 0 Å². The summed E-state index contributed by atoms with van der Waals surface area (Å²) in [6, 6.07) is 0. The standard InChI is InChI=1S/C12H28N2/c1-5-11(3)9-13-7-8-14-10-12(4)6-2/h11-14H,5-10H2,1-4H3. The third kappa shape index (κ3) is 8.52. The molecule has 0 aromatic heterocycles. The molecule has 2 unspecified atom stereocenters. The maximum Gasteiger partial charge on any atom is 0.00768 e. The number of nitrogens with one attached hydrogen (secondary N) is 2. The van der Waals surface area contributed by atoms with Crippen LogP contribution in [0.15, 0.2) is 0 Å². The van der Waals surface area contributed by atoms with Gasteiger partial charge in [0.15, 0.2) is 0 Å². The first-order valence-electron chi connectivity index (χ1n) is 6.12. The van der Waals surface area contributed by atoms with E-state index in [0.717, 1.165) is 38.0 Å². The SMILES string of the molecule is CCC(C)CNCCNCC(C)CC. The van der Waals surface area contributed by atoms with E-state index in [1.165, 1.54) is 12.8 Å². The number of hydrogen-bond acceptors (Lipinski definition) is 2. The molecule has 0 amide bonds. The lowest BCUT2D eigenvalue weighted by Crippen LogP contribution is -2.32. The van der Waals surface area contributed by atoms with Crippen LogP contribution in [0.25, 0.3) is 0 Å². The highest BCUT2D eigenvalue weighted by molar-refractivity contribution is 4.58. The average molecular weight is 200 g/mol. The number of rotatable bonds is 9. The van der Waals surface area contributed by atoms with Crippen LogP contribution < -0.4 is 10.6 Å². The molecule has 0 aromatic carbocycles. The fraction of sp³-hybridized carbons (Fsp3) is 1.00. The Balaban J connectivity index is 3.06. The topological polar surface area (TPSA) is 24.1 Å². The predicted octanol–water partition coefficient (Wildman–Crippen LogP) is 2.26. The van der Waals surface area contributed by atoms with Gasteiger partial charge in [-0.2, -0.15) is 0 Å². The minimum atomic E-state index is 0.810. The zero-order chi connectivity index (χ0) is 10.8. The fourth-order valence-corrected chi connectivity index (χ4v) is 1.16. The van der Waals surface area contributed by atoms with Crippen molar-refractivity contribution in [2.24, 2.45) is 11.8 Å². The second-order valence-electron chi connectivity index (χ2n) is 4.44. The first kappa shape index (κ1) is 13.9. The van der Waals surface area contributed by atoms with Crippen LogP contribution in [0.5, 0.6) is 0 Å². The van der Waals surface area contributed by atoms with E-state index >= 15 is 0 Å². The zero-order valence-electron chi connectivity index (χ0n) is 10.4. The summed E-state index contributed by atoms with van der Waals surface area (Å²) in [6.07, 6.45) is 2.54. The van der Waals surface area contributed by atoms with E-state index in [4.69, 9.17) is 0 Å². The smallest absolute Gasteiger partial charge is 0.00768 e. The van der Waals surface area contributed by atoms with Gasteiger partial charge in [-0.15, -0.1) is 0 Å². The van der Waals surface area contributed by atoms with E-state index in [9.17, 15) is 0 Å². The van der Waals surface area contributed by atoms with Crippen molar-refractivity contribution in [1.29, 1.82) is 0 Å². The summed E-state index contributed by atoms with van der Waals surface area (Å²) >= 11 is 0. The van der Waals surface area contributed by atoms with Gasteiger partial charge in [0.1, 0.15) is 0 Å². The largest absolute Gasteiger partial charge is 0.315 e. The molecule has 0 spiro atoms. The highest BCUT2D eigenvalue weighted by Crippen LogP contribution is 1.97. The van der Waals surface area contributed by atoms with Crippen LogP contribution in [-0.4, -0.2) is 26.2 Å². The van der Waals surface area contributed by atoms with E-state index in [0.29, 0.717) is 0 Å². The van der Waals surface area contributed by atoms with Crippen LogP contribution in [0.4, 0.5) is 0 Å². The highest BCUT2D eigenvalue weighted by Gasteiger charge is 1.98. The minimum Gasteiger partial charge on any atom is -0.315 e. The summed E-state index contributed by atoms with van der Waals surface area (Å²) < 4.78 is 0. The second-order valence-corrected chi connectivity index (χ2v) is 4.44. The third-order valence-electron chi connectivity index (χ3n) is 2.86. The molecule has 0 radical (unpaired) electrons. The van der Waals surface area contributed by atoms with Crippen molar-refractivity contribution in [3.63, 3.8) is 0 Å². The molecule has 0 rings (SSSR count). The van der Waals surface area contributed by atoms with Gasteiger partial charge in [-0.1, -0.05) is 40.5 Å². The molecule has 0 saturated carbocycles. The Bertz CT molecular complexity index is 101. The molecule has 2 N–H and O–H groups in total. The lowest BCUT2D eigenvalue weighted by Gasteiger charge is -2.12. The average Bonchev–Trinajstić information content (AvgIpc) is 2.22. The van der Waals surface area contributed by atoms with Crippen molar-refractivity contribution in [3.05, 3.63) is 0 Å². The molecule has 0 bridgehead atoms. The van der Waals surface area contributed by atoms with Crippen LogP contribution in [0, 0.1) is 11.8 Å². The van der Waals surface area contributed by atoms with Crippen molar-refractivity contribution < 1.29 is 0 Å². The molecule has 0 aliphatic rings. The van der Waals surface area contributed by atoms with E-state index in [1.54, 1.807) is 0 Å². The van der Waals surface area contributed by atoms with Crippen molar-refractivity contribution in [2.75, 3.05) is 26.2 Å². The Morgan fingerprint density at radius 1 is 0.786 bits per heavy atom. The van der Waals surface area contributed by atoms with E-state index in [2.05, 4.69) is 38.3 Å². The maximum absolute atomic E-state index is 3.47. The highest BCUT2D eigenvalue weighted by atomic mass is 14.9. The second kappa shape index (κ2) is 9.47. The van der Waals surface area contributed by atoms with E-state index in [1.807, 2.05) is 0 Å². The molecule has 0 heterocycles.